The molecule has 1 saturated heterocycles. The van der Waals surface area contributed by atoms with Gasteiger partial charge in [0, 0.05) is 17.5 Å². The maximum absolute atomic E-state index is 13.8. The molecule has 9 atom stereocenters. The maximum atomic E-state index is 13.8. The van der Waals surface area contributed by atoms with Crippen LogP contribution in [0.5, 0.6) is 0 Å². The van der Waals surface area contributed by atoms with Crippen LogP contribution < -0.4 is 5.32 Å². The summed E-state index contributed by atoms with van der Waals surface area (Å²) in [6.45, 7) is 8.55. The van der Waals surface area contributed by atoms with Crippen molar-refractivity contribution in [1.29, 1.82) is 0 Å². The van der Waals surface area contributed by atoms with Gasteiger partial charge in [-0.05, 0) is 66.2 Å². The number of aliphatic hydroxyl groups is 3. The molecule has 2 aromatic carbocycles. The van der Waals surface area contributed by atoms with Crippen molar-refractivity contribution >= 4 is 5.91 Å². The zero-order valence-electron chi connectivity index (χ0n) is 23.8. The van der Waals surface area contributed by atoms with Gasteiger partial charge in [0.1, 0.15) is 18.2 Å². The number of amides is 1. The van der Waals surface area contributed by atoms with Crippen molar-refractivity contribution in [3.63, 3.8) is 0 Å². The molecule has 0 radical (unpaired) electrons. The fourth-order valence-electron chi connectivity index (χ4n) is 7.28. The number of benzene rings is 2. The summed E-state index contributed by atoms with van der Waals surface area (Å²) in [6.07, 6.45) is -0.233. The third-order valence-electron chi connectivity index (χ3n) is 9.80. The average molecular weight is 547 g/mol. The van der Waals surface area contributed by atoms with Gasteiger partial charge < -0.3 is 20.6 Å². The lowest BCUT2D eigenvalue weighted by Crippen LogP contribution is -2.62. The first-order valence-corrected chi connectivity index (χ1v) is 14.5. The molecule has 6 rings (SSSR count). The van der Waals surface area contributed by atoms with Gasteiger partial charge in [0.05, 0.1) is 19.3 Å². The Kier molecular flexibility index (Phi) is 8.37. The number of nitrogens with zero attached hydrogens (tertiary/aromatic N) is 1. The van der Waals surface area contributed by atoms with E-state index in [2.05, 4.69) is 37.9 Å². The third kappa shape index (κ3) is 5.57. The first kappa shape index (κ1) is 28.8. The molecule has 3 saturated carbocycles. The number of carbonyl (C=O) groups is 1. The van der Waals surface area contributed by atoms with E-state index < -0.39 is 30.3 Å². The van der Waals surface area contributed by atoms with E-state index in [1.165, 1.54) is 6.42 Å². The Bertz CT molecular complexity index is 1250. The third-order valence-corrected chi connectivity index (χ3v) is 9.80. The maximum Gasteiger partial charge on any atom is 0.240 e. The van der Waals surface area contributed by atoms with Crippen LogP contribution in [0.15, 0.2) is 54.6 Å². The molecule has 2 bridgehead atoms. The van der Waals surface area contributed by atoms with Crippen molar-refractivity contribution in [2.75, 3.05) is 6.61 Å². The van der Waals surface area contributed by atoms with E-state index in [9.17, 15) is 20.1 Å². The molecular formula is C33H42N2O5. The van der Waals surface area contributed by atoms with Crippen LogP contribution >= 0.6 is 0 Å². The number of nitrogens with one attached hydrogen (secondary N) is 1. The lowest BCUT2D eigenvalue weighted by Gasteiger charge is -2.62. The number of hydroxylamine groups is 2. The number of hydrogen-bond donors (Lipinski definition) is 4. The SMILES string of the molecule is C[C@H](O)[C@@H]1[C@H](CO)ON(Cc2cccc(C#C[C@@H](O)c3ccccc3)c2)[C@@H]1C(=O)N[C@H]1C[C@H]2CC([C@@H]1C)C2(C)C. The molecule has 1 heterocycles. The normalized spacial score (nSPS) is 32.3. The highest BCUT2D eigenvalue weighted by Gasteiger charge is 2.57. The lowest BCUT2D eigenvalue weighted by atomic mass is 9.45. The number of aliphatic hydroxyl groups excluding tert-OH is 3. The van der Waals surface area contributed by atoms with Crippen LogP contribution in [0.3, 0.4) is 0 Å². The lowest BCUT2D eigenvalue weighted by molar-refractivity contribution is -0.183. The molecule has 4 aliphatic rings. The molecule has 1 aliphatic heterocycles. The van der Waals surface area contributed by atoms with Gasteiger partial charge in [-0.15, -0.1) is 0 Å². The van der Waals surface area contributed by atoms with Gasteiger partial charge in [0.2, 0.25) is 5.91 Å². The van der Waals surface area contributed by atoms with Gasteiger partial charge in [0.25, 0.3) is 0 Å². The minimum absolute atomic E-state index is 0.0867. The summed E-state index contributed by atoms with van der Waals surface area (Å²) in [5.41, 5.74) is 2.66. The van der Waals surface area contributed by atoms with Gasteiger partial charge in [-0.25, -0.2) is 0 Å². The van der Waals surface area contributed by atoms with Crippen molar-refractivity contribution in [1.82, 2.24) is 10.4 Å². The van der Waals surface area contributed by atoms with Crippen LogP contribution in [0, 0.1) is 40.9 Å². The molecule has 3 aliphatic carbocycles. The summed E-state index contributed by atoms with van der Waals surface area (Å²) in [4.78, 5) is 19.9. The highest BCUT2D eigenvalue weighted by atomic mass is 16.7. The topological polar surface area (TPSA) is 102 Å². The van der Waals surface area contributed by atoms with Crippen LogP contribution in [-0.2, 0) is 16.2 Å². The van der Waals surface area contributed by atoms with E-state index in [1.54, 1.807) is 12.0 Å². The molecule has 4 fully saturated rings. The van der Waals surface area contributed by atoms with Gasteiger partial charge >= 0.3 is 0 Å². The molecule has 2 aromatic rings. The summed E-state index contributed by atoms with van der Waals surface area (Å²) in [7, 11) is 0. The van der Waals surface area contributed by atoms with Crippen molar-refractivity contribution in [3.8, 4) is 11.8 Å². The molecular weight excluding hydrogens is 504 g/mol. The Morgan fingerprint density at radius 1 is 1.15 bits per heavy atom. The number of fused-ring (bicyclic) bond motifs is 2. The van der Waals surface area contributed by atoms with E-state index in [0.29, 0.717) is 23.2 Å². The fraction of sp³-hybridized carbons (Fsp3) is 0.545. The monoisotopic (exact) mass is 546 g/mol. The summed E-state index contributed by atoms with van der Waals surface area (Å²) in [5.74, 6) is 6.78. The highest BCUT2D eigenvalue weighted by molar-refractivity contribution is 5.82. The van der Waals surface area contributed by atoms with Crippen LogP contribution in [0.25, 0.3) is 0 Å². The van der Waals surface area contributed by atoms with E-state index in [4.69, 9.17) is 4.84 Å². The Labute approximate surface area is 237 Å². The molecule has 0 aromatic heterocycles. The second-order valence-electron chi connectivity index (χ2n) is 12.5. The molecule has 1 amide bonds. The fourth-order valence-corrected chi connectivity index (χ4v) is 7.28. The molecule has 7 nitrogen and oxygen atoms in total. The quantitative estimate of drug-likeness (QED) is 0.397. The van der Waals surface area contributed by atoms with Gasteiger partial charge in [0.15, 0.2) is 0 Å². The largest absolute Gasteiger partial charge is 0.394 e. The second-order valence-corrected chi connectivity index (χ2v) is 12.5. The molecule has 4 N–H and O–H groups in total. The zero-order valence-corrected chi connectivity index (χ0v) is 23.8. The summed E-state index contributed by atoms with van der Waals surface area (Å²) in [6, 6.07) is 16.2. The highest BCUT2D eigenvalue weighted by Crippen LogP contribution is 2.61. The van der Waals surface area contributed by atoms with Crippen LogP contribution in [0.4, 0.5) is 0 Å². The Balaban J connectivity index is 1.32. The van der Waals surface area contributed by atoms with Gasteiger partial charge in [-0.1, -0.05) is 75.1 Å². The number of carbonyl (C=O) groups excluding carboxylic acids is 1. The first-order chi connectivity index (χ1) is 19.1. The minimum Gasteiger partial charge on any atom is -0.394 e. The van der Waals surface area contributed by atoms with Crippen LogP contribution in [0.2, 0.25) is 0 Å². The number of hydrogen-bond acceptors (Lipinski definition) is 6. The van der Waals surface area contributed by atoms with E-state index in [1.807, 2.05) is 54.6 Å². The van der Waals surface area contributed by atoms with E-state index >= 15 is 0 Å². The molecule has 40 heavy (non-hydrogen) atoms. The molecule has 0 spiro atoms. The molecule has 1 unspecified atom stereocenters. The van der Waals surface area contributed by atoms with Crippen molar-refractivity contribution < 1.29 is 25.0 Å². The van der Waals surface area contributed by atoms with E-state index in [0.717, 1.165) is 23.1 Å². The Hall–Kier alpha value is -2.73. The Morgan fingerprint density at radius 2 is 1.90 bits per heavy atom. The van der Waals surface area contributed by atoms with Gasteiger partial charge in [-0.3, -0.25) is 9.63 Å². The summed E-state index contributed by atoms with van der Waals surface area (Å²) >= 11 is 0. The van der Waals surface area contributed by atoms with Crippen LogP contribution in [0.1, 0.15) is 63.3 Å². The summed E-state index contributed by atoms with van der Waals surface area (Å²) < 4.78 is 0. The standard InChI is InChI=1S/C33H42N2O5/c1-20-26-16-25(33(26,3)4)17-27(20)34-32(39)31-30(21(2)37)29(19-36)40-35(31)18-23-10-8-9-22(15-23)13-14-28(38)24-11-6-5-7-12-24/h5-12,15,20-21,25-31,36-38H,16-19H2,1-4H3,(H,34,39)/t20-,21-,25+,26?,27-,28+,29-,30+,31-/m0/s1. The first-order valence-electron chi connectivity index (χ1n) is 14.5. The van der Waals surface area contributed by atoms with Crippen molar-refractivity contribution in [3.05, 3.63) is 71.3 Å². The molecule has 7 heteroatoms. The van der Waals surface area contributed by atoms with Gasteiger partial charge in [-0.2, -0.15) is 5.06 Å². The molecule has 214 valence electrons. The zero-order chi connectivity index (χ0) is 28.6. The predicted molar refractivity (Wildman–Crippen MR) is 152 cm³/mol. The summed E-state index contributed by atoms with van der Waals surface area (Å²) in [5, 5.41) is 36.0. The van der Waals surface area contributed by atoms with E-state index in [-0.39, 0.29) is 25.1 Å². The van der Waals surface area contributed by atoms with Crippen molar-refractivity contribution in [2.24, 2.45) is 29.1 Å². The Morgan fingerprint density at radius 3 is 2.55 bits per heavy atom. The van der Waals surface area contributed by atoms with Crippen molar-refractivity contribution in [2.45, 2.75) is 77.5 Å². The van der Waals surface area contributed by atoms with Crippen LogP contribution in [-0.4, -0.2) is 57.2 Å². The second kappa shape index (κ2) is 11.6. The smallest absolute Gasteiger partial charge is 0.240 e. The predicted octanol–water partition coefficient (Wildman–Crippen LogP) is 3.43. The number of rotatable bonds is 7. The average Bonchev–Trinajstić information content (AvgIpc) is 3.31. The minimum atomic E-state index is -0.893.